The summed E-state index contributed by atoms with van der Waals surface area (Å²) in [6.45, 7) is 5.64. The van der Waals surface area contributed by atoms with Gasteiger partial charge in [0.25, 0.3) is 0 Å². The van der Waals surface area contributed by atoms with Gasteiger partial charge in [-0.1, -0.05) is 0 Å². The molecular weight excluding hydrogens is 342 g/mol. The van der Waals surface area contributed by atoms with Gasteiger partial charge < -0.3 is 9.14 Å². The van der Waals surface area contributed by atoms with Gasteiger partial charge in [-0.05, 0) is 42.8 Å². The summed E-state index contributed by atoms with van der Waals surface area (Å²) in [7, 11) is 0.323. The molecule has 20 heavy (non-hydrogen) atoms. The van der Waals surface area contributed by atoms with Crippen molar-refractivity contribution >= 4 is 38.8 Å². The molecule has 0 radical (unpaired) electrons. The molecule has 0 aliphatic rings. The molecule has 0 amide bonds. The lowest BCUT2D eigenvalue weighted by atomic mass is 10.3. The van der Waals surface area contributed by atoms with Crippen molar-refractivity contribution in [2.75, 3.05) is 7.11 Å². The highest BCUT2D eigenvalue weighted by Gasteiger charge is 2.18. The van der Waals surface area contributed by atoms with Crippen LogP contribution in [-0.2, 0) is 11.0 Å². The summed E-state index contributed by atoms with van der Waals surface area (Å²) >= 11 is 3.45. The van der Waals surface area contributed by atoms with Crippen LogP contribution in [0.2, 0.25) is 0 Å². The first kappa shape index (κ1) is 15.2. The van der Waals surface area contributed by atoms with Crippen LogP contribution in [0.4, 0.5) is 0 Å². The fourth-order valence-corrected chi connectivity index (χ4v) is 2.52. The van der Waals surface area contributed by atoms with Crippen molar-refractivity contribution in [2.24, 2.45) is 4.40 Å². The lowest BCUT2D eigenvalue weighted by Crippen LogP contribution is -2.19. The van der Waals surface area contributed by atoms with Crippen LogP contribution in [0.3, 0.4) is 0 Å². The van der Waals surface area contributed by atoms with Crippen molar-refractivity contribution in [3.8, 4) is 5.75 Å². The zero-order chi connectivity index (χ0) is 14.9. The minimum Gasteiger partial charge on any atom is -0.495 e. The molecule has 0 N–H and O–H groups in total. The normalized spacial score (nSPS) is 14.1. The molecule has 0 saturated carbocycles. The number of imidazole rings is 1. The maximum Gasteiger partial charge on any atom is 0.152 e. The van der Waals surface area contributed by atoms with Crippen LogP contribution in [-0.4, -0.2) is 31.7 Å². The molecule has 0 bridgehead atoms. The van der Waals surface area contributed by atoms with Gasteiger partial charge in [-0.3, -0.25) is 0 Å². The summed E-state index contributed by atoms with van der Waals surface area (Å²) in [4.78, 5) is 4.42. The van der Waals surface area contributed by atoms with E-state index in [1.54, 1.807) is 7.11 Å². The molecule has 0 spiro atoms. The maximum atomic E-state index is 11.9. The molecule has 0 saturated heterocycles. The van der Waals surface area contributed by atoms with E-state index >= 15 is 0 Å². The number of ether oxygens (including phenoxy) is 1. The molecule has 0 unspecified atom stereocenters. The van der Waals surface area contributed by atoms with E-state index in [1.807, 2.05) is 43.6 Å². The summed E-state index contributed by atoms with van der Waals surface area (Å²) in [6.07, 6.45) is 5.17. The van der Waals surface area contributed by atoms with Crippen molar-refractivity contribution in [3.05, 3.63) is 28.6 Å². The third-order valence-electron chi connectivity index (χ3n) is 2.54. The van der Waals surface area contributed by atoms with Crippen molar-refractivity contribution in [1.29, 1.82) is 0 Å². The number of fused-ring (bicyclic) bond motifs is 1. The lowest BCUT2D eigenvalue weighted by Gasteiger charge is -2.12. The third-order valence-corrected chi connectivity index (χ3v) is 4.47. The van der Waals surface area contributed by atoms with Gasteiger partial charge in [-0.2, -0.15) is 4.40 Å². The van der Waals surface area contributed by atoms with E-state index < -0.39 is 11.0 Å². The smallest absolute Gasteiger partial charge is 0.152 e. The number of hydrogen-bond acceptors (Lipinski definition) is 3. The molecule has 108 valence electrons. The Labute approximate surface area is 128 Å². The Hall–Kier alpha value is -1.21. The fraction of sp³-hybridized carbons (Fsp3) is 0.385. The molecule has 0 aliphatic carbocycles. The van der Waals surface area contributed by atoms with Gasteiger partial charge in [0.1, 0.15) is 22.4 Å². The van der Waals surface area contributed by atoms with Gasteiger partial charge in [0, 0.05) is 6.20 Å². The van der Waals surface area contributed by atoms with Crippen LogP contribution in [0.25, 0.3) is 5.65 Å². The number of pyridine rings is 1. The highest BCUT2D eigenvalue weighted by molar-refractivity contribution is 9.10. The average Bonchev–Trinajstić information content (AvgIpc) is 2.78. The zero-order valence-electron chi connectivity index (χ0n) is 11.8. The van der Waals surface area contributed by atoms with E-state index in [2.05, 4.69) is 25.3 Å². The van der Waals surface area contributed by atoms with Gasteiger partial charge in [0.2, 0.25) is 0 Å². The third kappa shape index (κ3) is 3.27. The number of aromatic nitrogens is 2. The van der Waals surface area contributed by atoms with Crippen LogP contribution in [0.1, 0.15) is 26.5 Å². The highest BCUT2D eigenvalue weighted by Crippen LogP contribution is 2.23. The Kier molecular flexibility index (Phi) is 4.29. The Morgan fingerprint density at radius 3 is 2.75 bits per heavy atom. The number of hydrogen-bond donors (Lipinski definition) is 0. The number of methoxy groups -OCH3 is 1. The summed E-state index contributed by atoms with van der Waals surface area (Å²) in [5.74, 6) is 0.725. The molecule has 2 heterocycles. The van der Waals surface area contributed by atoms with Crippen LogP contribution in [0.15, 0.2) is 27.3 Å². The molecule has 0 aromatic carbocycles. The number of rotatable bonds is 3. The minimum absolute atomic E-state index is 0.376. The Balaban J connectivity index is 2.35. The predicted octanol–water partition coefficient (Wildman–Crippen LogP) is 2.99. The number of nitrogens with zero attached hydrogens (tertiary/aromatic N) is 3. The first-order valence-corrected chi connectivity index (χ1v) is 7.89. The fourth-order valence-electron chi connectivity index (χ4n) is 1.49. The zero-order valence-corrected chi connectivity index (χ0v) is 14.2. The molecule has 1 atom stereocenters. The van der Waals surface area contributed by atoms with E-state index in [0.29, 0.717) is 5.69 Å². The lowest BCUT2D eigenvalue weighted by molar-refractivity contribution is 0.412. The largest absolute Gasteiger partial charge is 0.495 e. The van der Waals surface area contributed by atoms with Gasteiger partial charge in [-0.15, -0.1) is 0 Å². The second-order valence-electron chi connectivity index (χ2n) is 5.22. The number of halogens is 1. The molecule has 7 heteroatoms. The second-order valence-corrected chi connectivity index (χ2v) is 8.01. The first-order chi connectivity index (χ1) is 9.31. The highest BCUT2D eigenvalue weighted by atomic mass is 79.9. The van der Waals surface area contributed by atoms with Crippen LogP contribution < -0.4 is 4.74 Å². The Morgan fingerprint density at radius 1 is 1.45 bits per heavy atom. The molecular formula is C13H16BrN3O2S. The summed E-state index contributed by atoms with van der Waals surface area (Å²) in [5.41, 5.74) is 1.41. The van der Waals surface area contributed by atoms with Gasteiger partial charge in [-0.25, -0.2) is 9.19 Å². The van der Waals surface area contributed by atoms with E-state index in [1.165, 1.54) is 6.21 Å². The monoisotopic (exact) mass is 357 g/mol. The first-order valence-electron chi connectivity index (χ1n) is 5.99. The van der Waals surface area contributed by atoms with Gasteiger partial charge >= 0.3 is 0 Å². The maximum absolute atomic E-state index is 11.9. The van der Waals surface area contributed by atoms with Gasteiger partial charge in [0.15, 0.2) is 5.65 Å². The molecule has 0 aliphatic heterocycles. The van der Waals surface area contributed by atoms with Crippen molar-refractivity contribution in [2.45, 2.75) is 25.5 Å². The molecule has 2 rings (SSSR count). The van der Waals surface area contributed by atoms with Crippen LogP contribution in [0, 0.1) is 0 Å². The van der Waals surface area contributed by atoms with Crippen molar-refractivity contribution < 1.29 is 8.95 Å². The van der Waals surface area contributed by atoms with Crippen LogP contribution >= 0.6 is 15.9 Å². The van der Waals surface area contributed by atoms with E-state index in [4.69, 9.17) is 4.74 Å². The molecule has 2 aromatic rings. The van der Waals surface area contributed by atoms with E-state index in [0.717, 1.165) is 15.9 Å². The van der Waals surface area contributed by atoms with Crippen LogP contribution in [0.5, 0.6) is 5.75 Å². The topological polar surface area (TPSA) is 56.0 Å². The molecule has 2 aromatic heterocycles. The minimum atomic E-state index is -1.29. The van der Waals surface area contributed by atoms with Crippen molar-refractivity contribution in [3.63, 3.8) is 0 Å². The van der Waals surface area contributed by atoms with E-state index in [-0.39, 0.29) is 4.75 Å². The Bertz CT molecular complexity index is 689. The SMILES string of the molecule is COc1cc(Br)c2nc(/C=N/[S@](=O)C(C)(C)C)cn2c1. The molecule has 5 nitrogen and oxygen atoms in total. The second kappa shape index (κ2) is 5.65. The summed E-state index contributed by atoms with van der Waals surface area (Å²) < 4.78 is 23.4. The molecule has 0 fully saturated rings. The Morgan fingerprint density at radius 2 is 2.15 bits per heavy atom. The van der Waals surface area contributed by atoms with E-state index in [9.17, 15) is 4.21 Å². The summed E-state index contributed by atoms with van der Waals surface area (Å²) in [5, 5.41) is 0. The van der Waals surface area contributed by atoms with Crippen molar-refractivity contribution in [1.82, 2.24) is 9.38 Å². The van der Waals surface area contributed by atoms with Gasteiger partial charge in [0.05, 0.1) is 28.7 Å². The predicted molar refractivity (Wildman–Crippen MR) is 84.9 cm³/mol. The summed E-state index contributed by atoms with van der Waals surface area (Å²) in [6, 6.07) is 1.84. The average molecular weight is 358 g/mol. The quantitative estimate of drug-likeness (QED) is 0.793. The standard InChI is InChI=1S/C13H16BrN3O2S/c1-13(2,3)20(18)15-6-9-7-17-8-10(19-4)5-11(14)12(17)16-9/h5-8H,1-4H3/b15-6+/t20-/m1/s1.